The van der Waals surface area contributed by atoms with Gasteiger partial charge in [0.15, 0.2) is 5.76 Å². The molecule has 5 nitrogen and oxygen atoms in total. The molecule has 0 saturated heterocycles. The van der Waals surface area contributed by atoms with Crippen molar-refractivity contribution >= 4 is 11.0 Å². The van der Waals surface area contributed by atoms with Crippen LogP contribution in [0.2, 0.25) is 0 Å². The van der Waals surface area contributed by atoms with Crippen LogP contribution in [0.25, 0.3) is 22.4 Å². The Morgan fingerprint density at radius 2 is 2.08 bits per heavy atom. The third-order valence-electron chi connectivity index (χ3n) is 4.43. The summed E-state index contributed by atoms with van der Waals surface area (Å²) >= 11 is 0. The van der Waals surface area contributed by atoms with E-state index < -0.39 is 0 Å². The second-order valence-corrected chi connectivity index (χ2v) is 6.03. The number of hydrogen-bond acceptors (Lipinski definition) is 4. The highest BCUT2D eigenvalue weighted by molar-refractivity contribution is 5.82. The van der Waals surface area contributed by atoms with Crippen LogP contribution >= 0.6 is 0 Å². The molecule has 3 heterocycles. The van der Waals surface area contributed by atoms with Crippen LogP contribution in [0.3, 0.4) is 0 Å². The van der Waals surface area contributed by atoms with E-state index in [1.165, 1.54) is 0 Å². The molecule has 122 valence electrons. The molecule has 0 radical (unpaired) electrons. The molecule has 0 aliphatic heterocycles. The Bertz CT molecular complexity index is 904. The van der Waals surface area contributed by atoms with Crippen LogP contribution in [0.5, 0.6) is 0 Å². The number of H-pyrrole nitrogens is 1. The maximum atomic E-state index is 5.96. The highest BCUT2D eigenvalue weighted by Gasteiger charge is 2.18. The molecule has 0 amide bonds. The van der Waals surface area contributed by atoms with Gasteiger partial charge in [-0.15, -0.1) is 0 Å². The summed E-state index contributed by atoms with van der Waals surface area (Å²) in [5.41, 5.74) is 2.89. The first-order valence-electron chi connectivity index (χ1n) is 7.97. The predicted octanol–water partition coefficient (Wildman–Crippen LogP) is 4.61. The van der Waals surface area contributed by atoms with Gasteiger partial charge in [-0.1, -0.05) is 18.2 Å². The lowest BCUT2D eigenvalue weighted by Crippen LogP contribution is -2.21. The van der Waals surface area contributed by atoms with Crippen LogP contribution in [0.1, 0.15) is 24.3 Å². The Hall–Kier alpha value is -2.79. The molecule has 4 rings (SSSR count). The summed E-state index contributed by atoms with van der Waals surface area (Å²) in [6.45, 7) is 2.87. The summed E-state index contributed by atoms with van der Waals surface area (Å²) < 4.78 is 11.5. The largest absolute Gasteiger partial charge is 0.468 e. The first-order valence-corrected chi connectivity index (χ1v) is 7.97. The third-order valence-corrected chi connectivity index (χ3v) is 4.43. The smallest absolute Gasteiger partial charge is 0.153 e. The number of benzene rings is 1. The minimum absolute atomic E-state index is 0.179. The Morgan fingerprint density at radius 1 is 1.21 bits per heavy atom. The third kappa shape index (κ3) is 2.63. The van der Waals surface area contributed by atoms with E-state index in [4.69, 9.17) is 8.83 Å². The van der Waals surface area contributed by atoms with Crippen molar-refractivity contribution in [1.29, 1.82) is 0 Å². The van der Waals surface area contributed by atoms with E-state index >= 15 is 0 Å². The highest BCUT2D eigenvalue weighted by atomic mass is 16.3. The Morgan fingerprint density at radius 3 is 2.88 bits per heavy atom. The molecule has 0 saturated carbocycles. The molecule has 1 atom stereocenters. The molecule has 1 N–H and O–H groups in total. The van der Waals surface area contributed by atoms with Gasteiger partial charge >= 0.3 is 0 Å². The van der Waals surface area contributed by atoms with Gasteiger partial charge in [-0.25, -0.2) is 0 Å². The van der Waals surface area contributed by atoms with E-state index in [0.29, 0.717) is 0 Å². The number of para-hydroxylation sites is 1. The summed E-state index contributed by atoms with van der Waals surface area (Å²) in [4.78, 5) is 2.22. The lowest BCUT2D eigenvalue weighted by atomic mass is 10.1. The van der Waals surface area contributed by atoms with Crippen molar-refractivity contribution in [2.75, 3.05) is 7.05 Å². The molecule has 5 heteroatoms. The second-order valence-electron chi connectivity index (χ2n) is 6.03. The summed E-state index contributed by atoms with van der Waals surface area (Å²) in [7, 11) is 2.07. The van der Waals surface area contributed by atoms with Gasteiger partial charge in [-0.3, -0.25) is 10.00 Å². The van der Waals surface area contributed by atoms with Crippen LogP contribution in [-0.4, -0.2) is 22.1 Å². The van der Waals surface area contributed by atoms with E-state index in [9.17, 15) is 0 Å². The fourth-order valence-electron chi connectivity index (χ4n) is 2.90. The molecule has 1 aromatic carbocycles. The number of hydrogen-bond donors (Lipinski definition) is 1. The monoisotopic (exact) mass is 321 g/mol. The SMILES string of the molecule is C[C@@H](c1ccco1)N(C)Cc1cn[nH]c1-c1cc2ccccc2o1. The van der Waals surface area contributed by atoms with Crippen molar-refractivity contribution in [3.8, 4) is 11.5 Å². The van der Waals surface area contributed by atoms with Gasteiger partial charge < -0.3 is 8.83 Å². The Labute approximate surface area is 139 Å². The lowest BCUT2D eigenvalue weighted by Gasteiger charge is -2.22. The molecule has 0 spiro atoms. The summed E-state index contributed by atoms with van der Waals surface area (Å²) in [5.74, 6) is 1.76. The summed E-state index contributed by atoms with van der Waals surface area (Å²) in [5, 5.41) is 8.37. The normalized spacial score (nSPS) is 13.0. The summed E-state index contributed by atoms with van der Waals surface area (Å²) in [6.07, 6.45) is 3.56. The fourth-order valence-corrected chi connectivity index (χ4v) is 2.90. The van der Waals surface area contributed by atoms with Crippen LogP contribution in [0.4, 0.5) is 0 Å². The average Bonchev–Trinajstić information content (AvgIpc) is 3.33. The van der Waals surface area contributed by atoms with Gasteiger partial charge in [0.1, 0.15) is 17.0 Å². The van der Waals surface area contributed by atoms with Crippen molar-refractivity contribution in [3.63, 3.8) is 0 Å². The van der Waals surface area contributed by atoms with Crippen LogP contribution in [-0.2, 0) is 6.54 Å². The molecule has 0 fully saturated rings. The van der Waals surface area contributed by atoms with Crippen LogP contribution in [0, 0.1) is 0 Å². The lowest BCUT2D eigenvalue weighted by molar-refractivity contribution is 0.223. The number of rotatable bonds is 5. The zero-order chi connectivity index (χ0) is 16.5. The minimum Gasteiger partial charge on any atom is -0.468 e. The first-order chi connectivity index (χ1) is 11.7. The molecule has 3 aromatic heterocycles. The molecule has 4 aromatic rings. The minimum atomic E-state index is 0.179. The Balaban J connectivity index is 1.60. The van der Waals surface area contributed by atoms with Gasteiger partial charge in [0, 0.05) is 17.5 Å². The highest BCUT2D eigenvalue weighted by Crippen LogP contribution is 2.30. The van der Waals surface area contributed by atoms with E-state index in [0.717, 1.165) is 40.3 Å². The van der Waals surface area contributed by atoms with Crippen molar-refractivity contribution in [2.24, 2.45) is 0 Å². The van der Waals surface area contributed by atoms with Crippen LogP contribution < -0.4 is 0 Å². The topological polar surface area (TPSA) is 58.2 Å². The molecule has 0 unspecified atom stereocenters. The van der Waals surface area contributed by atoms with Gasteiger partial charge in [-0.05, 0) is 38.2 Å². The van der Waals surface area contributed by atoms with Crippen molar-refractivity contribution in [1.82, 2.24) is 15.1 Å². The zero-order valence-corrected chi connectivity index (χ0v) is 13.7. The average molecular weight is 321 g/mol. The summed E-state index contributed by atoms with van der Waals surface area (Å²) in [6, 6.07) is 14.1. The van der Waals surface area contributed by atoms with E-state index in [-0.39, 0.29) is 6.04 Å². The Kier molecular flexibility index (Phi) is 3.70. The van der Waals surface area contributed by atoms with Gasteiger partial charge in [0.25, 0.3) is 0 Å². The van der Waals surface area contributed by atoms with Crippen molar-refractivity contribution in [3.05, 3.63) is 66.2 Å². The first kappa shape index (κ1) is 14.8. The van der Waals surface area contributed by atoms with Crippen LogP contribution in [0.15, 0.2) is 63.8 Å². The van der Waals surface area contributed by atoms with E-state index in [1.54, 1.807) is 6.26 Å². The maximum Gasteiger partial charge on any atom is 0.153 e. The van der Waals surface area contributed by atoms with E-state index in [1.807, 2.05) is 48.7 Å². The second kappa shape index (κ2) is 6.02. The standard InChI is InChI=1S/C19H19N3O2/c1-13(16-8-5-9-23-16)22(2)12-15-11-20-21-19(15)18-10-14-6-3-4-7-17(14)24-18/h3-11,13H,12H2,1-2H3,(H,20,21)/t13-/m0/s1. The van der Waals surface area contributed by atoms with Gasteiger partial charge in [0.05, 0.1) is 18.5 Å². The van der Waals surface area contributed by atoms with Gasteiger partial charge in [-0.2, -0.15) is 5.10 Å². The molecule has 0 aliphatic carbocycles. The predicted molar refractivity (Wildman–Crippen MR) is 92.4 cm³/mol. The molecule has 0 bridgehead atoms. The zero-order valence-electron chi connectivity index (χ0n) is 13.7. The van der Waals surface area contributed by atoms with Crippen molar-refractivity contribution in [2.45, 2.75) is 19.5 Å². The molecule has 0 aliphatic rings. The fraction of sp³-hybridized carbons (Fsp3) is 0.211. The number of furan rings is 2. The molecular formula is C19H19N3O2. The molecule has 24 heavy (non-hydrogen) atoms. The number of fused-ring (bicyclic) bond motifs is 1. The van der Waals surface area contributed by atoms with Gasteiger partial charge in [0.2, 0.25) is 0 Å². The number of aromatic nitrogens is 2. The molecular weight excluding hydrogens is 302 g/mol. The quantitative estimate of drug-likeness (QED) is 0.583. The number of aromatic amines is 1. The number of nitrogens with one attached hydrogen (secondary N) is 1. The van der Waals surface area contributed by atoms with Crippen molar-refractivity contribution < 1.29 is 8.83 Å². The maximum absolute atomic E-state index is 5.96. The number of nitrogens with zero attached hydrogens (tertiary/aromatic N) is 2. The van der Waals surface area contributed by atoms with E-state index in [2.05, 4.69) is 29.1 Å².